The molecule has 13 heteroatoms. The number of benzene rings is 1. The van der Waals surface area contributed by atoms with Crippen LogP contribution in [0, 0.1) is 11.6 Å². The van der Waals surface area contributed by atoms with Crippen LogP contribution in [0.25, 0.3) is 0 Å². The average Bonchev–Trinajstić information content (AvgIpc) is 2.95. The number of hydrogen-bond acceptors (Lipinski definition) is 8. The van der Waals surface area contributed by atoms with Crippen LogP contribution in [-0.2, 0) is 19.1 Å². The summed E-state index contributed by atoms with van der Waals surface area (Å²) in [6.07, 6.45) is -1.31. The zero-order valence-electron chi connectivity index (χ0n) is 16.7. The predicted octanol–water partition coefficient (Wildman–Crippen LogP) is 0.383. The van der Waals surface area contributed by atoms with E-state index in [0.717, 1.165) is 22.1 Å². The maximum absolute atomic E-state index is 14.9. The van der Waals surface area contributed by atoms with Gasteiger partial charge in [-0.15, -0.1) is 0 Å². The van der Waals surface area contributed by atoms with Gasteiger partial charge in [0, 0.05) is 25.2 Å². The summed E-state index contributed by atoms with van der Waals surface area (Å²) in [5, 5.41) is 12.8. The Hall–Kier alpha value is -2.77. The average molecular weight is 460 g/mol. The zero-order chi connectivity index (χ0) is 22.5. The van der Waals surface area contributed by atoms with E-state index < -0.39 is 36.3 Å². The van der Waals surface area contributed by atoms with Crippen LogP contribution in [0.3, 0.4) is 0 Å². The van der Waals surface area contributed by atoms with Gasteiger partial charge in [-0.3, -0.25) is 14.5 Å². The van der Waals surface area contributed by atoms with Crippen molar-refractivity contribution in [2.45, 2.75) is 6.10 Å². The second-order valence-corrected chi connectivity index (χ2v) is 7.09. The number of halogens is 2. The highest BCUT2D eigenvalue weighted by Crippen LogP contribution is 2.31. The largest absolute Gasteiger partial charge is 0.474 e. The van der Waals surface area contributed by atoms with E-state index in [9.17, 15) is 18.4 Å². The fourth-order valence-corrected chi connectivity index (χ4v) is 3.35. The van der Waals surface area contributed by atoms with Crippen LogP contribution >= 0.6 is 12.2 Å². The molecule has 2 amide bonds. The van der Waals surface area contributed by atoms with Gasteiger partial charge in [0.25, 0.3) is 11.1 Å². The zero-order valence-corrected chi connectivity index (χ0v) is 17.5. The standard InChI is InChI=1S/C18H22F2N4O6S/c1-28-17(31)21-8-12-9-23(18(27)30-12)11-6-13(19)16(14(20)7-11)22-2-3-24(15(26)10-25)29-5-4-22/h6-7,12,25H,2-5,8-10H2,1H3,(H,21,31)/t12-/m0/s1. The maximum atomic E-state index is 14.9. The van der Waals surface area contributed by atoms with E-state index in [0.29, 0.717) is 0 Å². The number of aliphatic hydroxyl groups excluding tert-OH is 1. The minimum absolute atomic E-state index is 0.00282. The van der Waals surface area contributed by atoms with Crippen LogP contribution in [0.15, 0.2) is 12.1 Å². The molecule has 170 valence electrons. The Morgan fingerprint density at radius 1 is 1.32 bits per heavy atom. The van der Waals surface area contributed by atoms with Gasteiger partial charge in [0.05, 0.1) is 39.0 Å². The van der Waals surface area contributed by atoms with Gasteiger partial charge in [-0.05, 0) is 12.2 Å². The number of carbonyl (C=O) groups is 2. The molecule has 1 aromatic carbocycles. The molecule has 0 radical (unpaired) electrons. The highest BCUT2D eigenvalue weighted by atomic mass is 32.1. The molecule has 0 aromatic heterocycles. The molecule has 2 fully saturated rings. The number of rotatable bonds is 5. The van der Waals surface area contributed by atoms with Gasteiger partial charge in [0.15, 0.2) is 11.6 Å². The summed E-state index contributed by atoms with van der Waals surface area (Å²) >= 11 is 4.86. The van der Waals surface area contributed by atoms with Crippen molar-refractivity contribution >= 4 is 40.8 Å². The molecule has 0 aliphatic carbocycles. The lowest BCUT2D eigenvalue weighted by Gasteiger charge is -2.24. The Balaban J connectivity index is 1.71. The minimum Gasteiger partial charge on any atom is -0.474 e. The third kappa shape index (κ3) is 5.29. The molecule has 31 heavy (non-hydrogen) atoms. The number of aliphatic hydroxyl groups is 1. The number of hydrogen-bond donors (Lipinski definition) is 2. The fraction of sp³-hybridized carbons (Fsp3) is 0.500. The molecule has 2 aliphatic rings. The summed E-state index contributed by atoms with van der Waals surface area (Å²) in [7, 11) is 1.40. The van der Waals surface area contributed by atoms with Gasteiger partial charge in [-0.1, -0.05) is 0 Å². The summed E-state index contributed by atoms with van der Waals surface area (Å²) in [6.45, 7) is -0.212. The fourth-order valence-electron chi connectivity index (χ4n) is 3.27. The smallest absolute Gasteiger partial charge is 0.414 e. The van der Waals surface area contributed by atoms with Crippen LogP contribution in [-0.4, -0.2) is 86.5 Å². The van der Waals surface area contributed by atoms with Gasteiger partial charge in [-0.25, -0.2) is 18.6 Å². The van der Waals surface area contributed by atoms with Gasteiger partial charge < -0.3 is 24.8 Å². The van der Waals surface area contributed by atoms with Crippen molar-refractivity contribution in [1.29, 1.82) is 0 Å². The van der Waals surface area contributed by atoms with Gasteiger partial charge in [0.2, 0.25) is 0 Å². The molecular formula is C18H22F2N4O6S. The molecule has 1 atom stereocenters. The van der Waals surface area contributed by atoms with Gasteiger partial charge >= 0.3 is 6.09 Å². The van der Waals surface area contributed by atoms with E-state index in [1.54, 1.807) is 0 Å². The Morgan fingerprint density at radius 3 is 2.68 bits per heavy atom. The number of cyclic esters (lactones) is 1. The minimum atomic E-state index is -0.869. The molecule has 2 saturated heterocycles. The second-order valence-electron chi connectivity index (χ2n) is 6.72. The molecule has 0 saturated carbocycles. The summed E-state index contributed by atoms with van der Waals surface area (Å²) in [5.41, 5.74) is -0.273. The SMILES string of the molecule is COC(=S)NC[C@H]1CN(c2cc(F)c(N3CCON(C(=O)CO)CC3)c(F)c2)C(=O)O1. The maximum Gasteiger partial charge on any atom is 0.414 e. The molecule has 2 aliphatic heterocycles. The van der Waals surface area contributed by atoms with Crippen molar-refractivity contribution in [3.63, 3.8) is 0 Å². The summed E-state index contributed by atoms with van der Waals surface area (Å²) < 4.78 is 39.7. The summed E-state index contributed by atoms with van der Waals surface area (Å²) in [6, 6.07) is 2.11. The van der Waals surface area contributed by atoms with Crippen molar-refractivity contribution in [3.05, 3.63) is 23.8 Å². The van der Waals surface area contributed by atoms with Crippen molar-refractivity contribution in [3.8, 4) is 0 Å². The van der Waals surface area contributed by atoms with Crippen molar-refractivity contribution in [2.24, 2.45) is 0 Å². The topological polar surface area (TPSA) is 104 Å². The molecular weight excluding hydrogens is 438 g/mol. The summed E-state index contributed by atoms with van der Waals surface area (Å²) in [5.74, 6) is -2.38. The number of amides is 2. The van der Waals surface area contributed by atoms with E-state index in [4.69, 9.17) is 31.6 Å². The predicted molar refractivity (Wildman–Crippen MR) is 109 cm³/mol. The summed E-state index contributed by atoms with van der Waals surface area (Å²) in [4.78, 5) is 31.5. The van der Waals surface area contributed by atoms with E-state index in [1.165, 1.54) is 12.0 Å². The second kappa shape index (κ2) is 10.0. The van der Waals surface area contributed by atoms with Crippen LogP contribution < -0.4 is 15.1 Å². The number of methoxy groups -OCH3 is 1. The first-order valence-electron chi connectivity index (χ1n) is 9.42. The Bertz CT molecular complexity index is 837. The first kappa shape index (κ1) is 22.9. The van der Waals surface area contributed by atoms with Crippen LogP contribution in [0.4, 0.5) is 25.0 Å². The van der Waals surface area contributed by atoms with Crippen molar-refractivity contribution < 1.29 is 37.8 Å². The van der Waals surface area contributed by atoms with Crippen LogP contribution in [0.1, 0.15) is 0 Å². The van der Waals surface area contributed by atoms with Gasteiger partial charge in [-0.2, -0.15) is 0 Å². The Morgan fingerprint density at radius 2 is 2.03 bits per heavy atom. The third-order valence-electron chi connectivity index (χ3n) is 4.76. The lowest BCUT2D eigenvalue weighted by atomic mass is 10.2. The number of ether oxygens (including phenoxy) is 2. The highest BCUT2D eigenvalue weighted by Gasteiger charge is 2.34. The molecule has 0 unspecified atom stereocenters. The quantitative estimate of drug-likeness (QED) is 0.604. The van der Waals surface area contributed by atoms with E-state index >= 15 is 0 Å². The molecule has 0 spiro atoms. The Kier molecular flexibility index (Phi) is 7.41. The monoisotopic (exact) mass is 460 g/mol. The number of anilines is 2. The van der Waals surface area contributed by atoms with Crippen molar-refractivity contribution in [2.75, 3.05) is 62.8 Å². The van der Waals surface area contributed by atoms with E-state index in [1.807, 2.05) is 0 Å². The Labute approximate surface area is 182 Å². The van der Waals surface area contributed by atoms with E-state index in [2.05, 4.69) is 5.32 Å². The molecule has 2 heterocycles. The van der Waals surface area contributed by atoms with Crippen LogP contribution in [0.5, 0.6) is 0 Å². The number of hydroxylamine groups is 2. The molecule has 10 nitrogen and oxygen atoms in total. The lowest BCUT2D eigenvalue weighted by Crippen LogP contribution is -2.36. The van der Waals surface area contributed by atoms with E-state index in [-0.39, 0.29) is 55.9 Å². The molecule has 0 bridgehead atoms. The van der Waals surface area contributed by atoms with Crippen molar-refractivity contribution in [1.82, 2.24) is 10.4 Å². The number of thiocarbonyl (C=S) groups is 1. The first-order valence-corrected chi connectivity index (χ1v) is 9.83. The van der Waals surface area contributed by atoms with Crippen LogP contribution in [0.2, 0.25) is 0 Å². The number of carbonyl (C=O) groups excluding carboxylic acids is 2. The highest BCUT2D eigenvalue weighted by molar-refractivity contribution is 7.80. The molecule has 2 N–H and O–H groups in total. The lowest BCUT2D eigenvalue weighted by molar-refractivity contribution is -0.184. The normalized spacial score (nSPS) is 19.2. The number of nitrogens with zero attached hydrogens (tertiary/aromatic N) is 3. The molecule has 3 rings (SSSR count). The first-order chi connectivity index (χ1) is 14.8. The van der Waals surface area contributed by atoms with Gasteiger partial charge in [0.1, 0.15) is 18.4 Å². The third-order valence-corrected chi connectivity index (χ3v) is 5.07. The molecule has 1 aromatic rings. The number of nitrogens with one attached hydrogen (secondary N) is 1.